The van der Waals surface area contributed by atoms with Crippen molar-refractivity contribution < 1.29 is 31.5 Å². The van der Waals surface area contributed by atoms with Crippen LogP contribution in [0.5, 0.6) is 0 Å². The van der Waals surface area contributed by atoms with Crippen LogP contribution in [0.15, 0.2) is 95.2 Å². The molecule has 1 unspecified atom stereocenters. The van der Waals surface area contributed by atoms with E-state index in [1.54, 1.807) is 36.4 Å². The van der Waals surface area contributed by atoms with E-state index in [2.05, 4.69) is 33.1 Å². The zero-order chi connectivity index (χ0) is 38.8. The minimum Gasteiger partial charge on any atom is -0.453 e. The number of ether oxygens (including phenoxy) is 1. The van der Waals surface area contributed by atoms with Gasteiger partial charge in [0.25, 0.3) is 0 Å². The van der Waals surface area contributed by atoms with Crippen molar-refractivity contribution in [3.63, 3.8) is 0 Å². The largest absolute Gasteiger partial charge is 0.453 e. The fourth-order valence-corrected chi connectivity index (χ4v) is 10.9. The smallest absolute Gasteiger partial charge is 0.407 e. The van der Waals surface area contributed by atoms with Gasteiger partial charge in [0.15, 0.2) is 5.67 Å². The summed E-state index contributed by atoms with van der Waals surface area (Å²) in [5.41, 5.74) is 0.283. The van der Waals surface area contributed by atoms with E-state index in [-0.39, 0.29) is 52.0 Å². The van der Waals surface area contributed by atoms with Crippen LogP contribution in [-0.2, 0) is 24.8 Å². The van der Waals surface area contributed by atoms with Crippen molar-refractivity contribution in [2.45, 2.75) is 65.4 Å². The lowest BCUT2D eigenvalue weighted by molar-refractivity contribution is -0.111. The molecule has 3 saturated heterocycles. The number of carbonyl (C=O) groups is 2. The molecule has 1 aliphatic carbocycles. The summed E-state index contributed by atoms with van der Waals surface area (Å²) in [6.45, 7) is 8.38. The van der Waals surface area contributed by atoms with Crippen molar-refractivity contribution in [2.75, 3.05) is 69.7 Å². The first-order chi connectivity index (χ1) is 26.4. The number of carbonyl (C=O) groups excluding carboxylic acids is 2. The summed E-state index contributed by atoms with van der Waals surface area (Å²) in [5, 5.41) is 5.72. The Balaban J connectivity index is 1.01. The Hall–Kier alpha value is -4.33. The number of rotatable bonds is 13. The summed E-state index contributed by atoms with van der Waals surface area (Å²) in [5.74, 6) is -0.376. The van der Waals surface area contributed by atoms with Crippen LogP contribution in [0.25, 0.3) is 0 Å². The van der Waals surface area contributed by atoms with Gasteiger partial charge in [0.1, 0.15) is 5.82 Å². The number of alkyl carbamates (subject to hydrolysis) is 1. The lowest BCUT2D eigenvalue weighted by atomic mass is 9.57. The van der Waals surface area contributed by atoms with Crippen molar-refractivity contribution >= 4 is 33.2 Å². The second kappa shape index (κ2) is 16.0. The Kier molecular flexibility index (Phi) is 11.3. The van der Waals surface area contributed by atoms with Gasteiger partial charge in [-0.05, 0) is 136 Å². The van der Waals surface area contributed by atoms with Gasteiger partial charge < -0.3 is 25.2 Å². The second-order valence-corrected chi connectivity index (χ2v) is 17.7. The number of likely N-dealkylation sites (tertiary alicyclic amines) is 2. The fraction of sp³-hybridized carbons (Fsp3) is 0.476. The number of halogens is 2. The predicted octanol–water partition coefficient (Wildman–Crippen LogP) is 6.19. The molecule has 10 nitrogen and oxygen atoms in total. The van der Waals surface area contributed by atoms with Gasteiger partial charge in [-0.2, -0.15) is 0 Å². The highest BCUT2D eigenvalue weighted by molar-refractivity contribution is 7.91. The molecule has 3 aromatic carbocycles. The second-order valence-electron chi connectivity index (χ2n) is 15.7. The van der Waals surface area contributed by atoms with Crippen LogP contribution in [0, 0.1) is 17.7 Å². The van der Waals surface area contributed by atoms with E-state index in [1.807, 2.05) is 4.90 Å². The molecule has 7 rings (SSSR count). The number of piperidine rings is 1. The monoisotopic (exact) mass is 775 g/mol. The molecule has 3 heterocycles. The summed E-state index contributed by atoms with van der Waals surface area (Å²) in [4.78, 5) is 31.0. The van der Waals surface area contributed by atoms with Gasteiger partial charge in [-0.25, -0.2) is 22.0 Å². The van der Waals surface area contributed by atoms with Crippen LogP contribution < -0.4 is 15.5 Å². The minimum absolute atomic E-state index is 0.0484. The summed E-state index contributed by atoms with van der Waals surface area (Å²) in [7, 11) is -2.47. The molecule has 4 aliphatic rings. The lowest BCUT2D eigenvalue weighted by Crippen LogP contribution is -2.65. The highest BCUT2D eigenvalue weighted by atomic mass is 32.2. The SMILES string of the molecule is C=CC(=O)Nc1cccc(S(=O)(=O)c2ccc(N3CC(F)(CN4CCC(C(CN5CCC5)(c5cccc(F)c5)[C@H]5CCC[C@@H]5NC(=O)OC)CC4)C3)cc2)c1. The van der Waals surface area contributed by atoms with Crippen LogP contribution in [-0.4, -0.2) is 101 Å². The standard InChI is InChI=1S/C42H51F2N5O5S/c1-3-39(50)45-33-10-5-11-36(25-33)55(52,53)35-16-14-34(15-17-35)49-27-41(44,28-49)26-48-22-18-30(19-23-48)42(29-47-20-7-21-47,31-8-4-9-32(43)24-31)37-12-6-13-38(37)46-40(51)54-2/h3-5,8-11,14-17,24-25,30,37-38H,1,6-7,12-13,18-23,26-29H2,2H3,(H,45,50)(H,46,51)/t37-,38-,42?/m0/s1. The van der Waals surface area contributed by atoms with Crippen LogP contribution >= 0.6 is 0 Å². The number of methoxy groups -OCH3 is 1. The van der Waals surface area contributed by atoms with Gasteiger partial charge in [0.2, 0.25) is 15.7 Å². The van der Waals surface area contributed by atoms with Crippen LogP contribution in [0.3, 0.4) is 0 Å². The topological polar surface area (TPSA) is 111 Å². The van der Waals surface area contributed by atoms with Crippen molar-refractivity contribution in [2.24, 2.45) is 11.8 Å². The lowest BCUT2D eigenvalue weighted by Gasteiger charge is -2.54. The first-order valence-corrected chi connectivity index (χ1v) is 20.8. The Labute approximate surface area is 322 Å². The van der Waals surface area contributed by atoms with Crippen molar-refractivity contribution in [1.29, 1.82) is 0 Å². The van der Waals surface area contributed by atoms with Crippen molar-refractivity contribution in [3.05, 3.63) is 96.8 Å². The number of amides is 2. The zero-order valence-corrected chi connectivity index (χ0v) is 32.2. The summed E-state index contributed by atoms with van der Waals surface area (Å²) in [6.07, 6.45) is 6.23. The molecule has 3 atom stereocenters. The summed E-state index contributed by atoms with van der Waals surface area (Å²) in [6, 6.07) is 19.5. The molecule has 0 spiro atoms. The molecule has 1 saturated carbocycles. The predicted molar refractivity (Wildman–Crippen MR) is 208 cm³/mol. The molecule has 2 amide bonds. The van der Waals surface area contributed by atoms with E-state index < -0.39 is 27.5 Å². The van der Waals surface area contributed by atoms with Crippen LogP contribution in [0.2, 0.25) is 0 Å². The third kappa shape index (κ3) is 8.15. The van der Waals surface area contributed by atoms with Crippen molar-refractivity contribution in [1.82, 2.24) is 15.1 Å². The number of anilines is 2. The van der Waals surface area contributed by atoms with Crippen molar-refractivity contribution in [3.8, 4) is 0 Å². The highest BCUT2D eigenvalue weighted by Gasteiger charge is 2.54. The number of nitrogens with zero attached hydrogens (tertiary/aromatic N) is 3. The average molecular weight is 776 g/mol. The molecule has 3 aliphatic heterocycles. The summed E-state index contributed by atoms with van der Waals surface area (Å²) < 4.78 is 63.0. The van der Waals surface area contributed by atoms with Gasteiger partial charge in [0.05, 0.1) is 30.0 Å². The molecule has 55 heavy (non-hydrogen) atoms. The Morgan fingerprint density at radius 1 is 0.927 bits per heavy atom. The van der Waals surface area contributed by atoms with E-state index in [1.165, 1.54) is 37.4 Å². The number of benzene rings is 3. The number of hydrogen-bond acceptors (Lipinski definition) is 8. The first kappa shape index (κ1) is 38.9. The van der Waals surface area contributed by atoms with Crippen LogP contribution in [0.1, 0.15) is 44.1 Å². The molecule has 0 bridgehead atoms. The third-order valence-electron chi connectivity index (χ3n) is 12.3. The Morgan fingerprint density at radius 3 is 2.31 bits per heavy atom. The molecule has 0 aromatic heterocycles. The van der Waals surface area contributed by atoms with Gasteiger partial charge in [0, 0.05) is 35.9 Å². The normalized spacial score (nSPS) is 22.9. The minimum atomic E-state index is -3.85. The maximum Gasteiger partial charge on any atom is 0.407 e. The van der Waals surface area contributed by atoms with E-state index in [0.29, 0.717) is 12.2 Å². The first-order valence-electron chi connectivity index (χ1n) is 19.3. The number of nitrogens with one attached hydrogen (secondary N) is 2. The summed E-state index contributed by atoms with van der Waals surface area (Å²) >= 11 is 0. The number of sulfone groups is 1. The maximum atomic E-state index is 16.3. The van der Waals surface area contributed by atoms with E-state index in [9.17, 15) is 22.4 Å². The Morgan fingerprint density at radius 2 is 1.65 bits per heavy atom. The zero-order valence-electron chi connectivity index (χ0n) is 31.4. The van der Waals surface area contributed by atoms with Crippen LogP contribution in [0.4, 0.5) is 25.0 Å². The molecule has 0 radical (unpaired) electrons. The van der Waals surface area contributed by atoms with E-state index in [0.717, 1.165) is 88.6 Å². The molecule has 2 N–H and O–H groups in total. The number of hydrogen-bond donors (Lipinski definition) is 2. The van der Waals surface area contributed by atoms with Gasteiger partial charge >= 0.3 is 6.09 Å². The Bertz CT molecular complexity index is 1980. The quantitative estimate of drug-likeness (QED) is 0.198. The molecule has 4 fully saturated rings. The fourth-order valence-electron chi connectivity index (χ4n) is 9.57. The van der Waals surface area contributed by atoms with Gasteiger partial charge in [-0.15, -0.1) is 0 Å². The molecule has 294 valence electrons. The maximum absolute atomic E-state index is 16.3. The molecular weight excluding hydrogens is 725 g/mol. The highest BCUT2D eigenvalue weighted by Crippen LogP contribution is 2.51. The molecule has 13 heteroatoms. The van der Waals surface area contributed by atoms with Gasteiger partial charge in [-0.1, -0.05) is 31.2 Å². The number of alkyl halides is 1. The molecule has 3 aromatic rings. The van der Waals surface area contributed by atoms with Gasteiger partial charge in [-0.3, -0.25) is 9.69 Å². The average Bonchev–Trinajstić information content (AvgIpc) is 3.62. The molecular formula is C42H51F2N5O5S. The third-order valence-corrected chi connectivity index (χ3v) is 14.1. The van der Waals surface area contributed by atoms with E-state index in [4.69, 9.17) is 4.74 Å². The van der Waals surface area contributed by atoms with E-state index >= 15 is 4.39 Å².